The third kappa shape index (κ3) is 3.46. The number of carbonyl (C=O) groups is 1. The summed E-state index contributed by atoms with van der Waals surface area (Å²) < 4.78 is 28.3. The second-order valence-corrected chi connectivity index (χ2v) is 8.92. The van der Waals surface area contributed by atoms with Crippen molar-refractivity contribution in [3.8, 4) is 6.07 Å². The Kier molecular flexibility index (Phi) is 5.16. The molecule has 32 heavy (non-hydrogen) atoms. The van der Waals surface area contributed by atoms with Crippen LogP contribution in [0.5, 0.6) is 0 Å². The zero-order chi connectivity index (χ0) is 22.9. The summed E-state index contributed by atoms with van der Waals surface area (Å²) in [4.78, 5) is 19.0. The molecule has 3 aromatic carbocycles. The second-order valence-electron chi connectivity index (χ2n) is 7.24. The summed E-state index contributed by atoms with van der Waals surface area (Å²) in [5.41, 5.74) is 6.10. The molecule has 0 radical (unpaired) electrons. The van der Waals surface area contributed by atoms with Gasteiger partial charge >= 0.3 is 0 Å². The molecule has 0 fully saturated rings. The van der Waals surface area contributed by atoms with Crippen molar-refractivity contribution in [2.75, 3.05) is 11.8 Å². The molecule has 1 atom stereocenters. The molecule has 4 rings (SSSR count). The lowest BCUT2D eigenvalue weighted by Gasteiger charge is -2.26. The van der Waals surface area contributed by atoms with Crippen LogP contribution in [0.15, 0.2) is 88.8 Å². The fourth-order valence-electron chi connectivity index (χ4n) is 3.62. The summed E-state index contributed by atoms with van der Waals surface area (Å²) in [6, 6.07) is 23.1. The van der Waals surface area contributed by atoms with Crippen LogP contribution in [0.25, 0.3) is 0 Å². The summed E-state index contributed by atoms with van der Waals surface area (Å²) in [5, 5.41) is 9.06. The highest BCUT2D eigenvalue weighted by atomic mass is 32.2. The molecule has 1 aliphatic rings. The zero-order valence-electron chi connectivity index (χ0n) is 17.1. The van der Waals surface area contributed by atoms with Gasteiger partial charge < -0.3 is 5.73 Å². The number of amides is 1. The van der Waals surface area contributed by atoms with Crippen LogP contribution >= 0.6 is 0 Å². The molecule has 9 heteroatoms. The van der Waals surface area contributed by atoms with Gasteiger partial charge in [-0.3, -0.25) is 14.4 Å². The zero-order valence-corrected chi connectivity index (χ0v) is 17.9. The molecule has 1 amide bonds. The molecule has 3 N–H and O–H groups in total. The van der Waals surface area contributed by atoms with Crippen LogP contribution in [0.2, 0.25) is 0 Å². The van der Waals surface area contributed by atoms with E-state index in [0.29, 0.717) is 11.1 Å². The minimum atomic E-state index is -3.96. The first-order chi connectivity index (χ1) is 15.3. The fourth-order valence-corrected chi connectivity index (χ4v) is 4.71. The van der Waals surface area contributed by atoms with Crippen molar-refractivity contribution in [3.63, 3.8) is 0 Å². The van der Waals surface area contributed by atoms with E-state index >= 15 is 0 Å². The minimum absolute atomic E-state index is 0.0429. The molecule has 0 saturated heterocycles. The van der Waals surface area contributed by atoms with Gasteiger partial charge in [0.15, 0.2) is 11.5 Å². The number of hydrogen-bond acceptors (Lipinski definition) is 6. The monoisotopic (exact) mass is 445 g/mol. The van der Waals surface area contributed by atoms with Crippen molar-refractivity contribution >= 4 is 27.6 Å². The molecule has 0 aliphatic carbocycles. The third-order valence-corrected chi connectivity index (χ3v) is 6.62. The fraction of sp³-hybridized carbons (Fsp3) is 0.0870. The van der Waals surface area contributed by atoms with Gasteiger partial charge in [0, 0.05) is 12.7 Å². The van der Waals surface area contributed by atoms with Crippen molar-refractivity contribution < 1.29 is 13.2 Å². The Morgan fingerprint density at radius 1 is 1.00 bits per heavy atom. The predicted molar refractivity (Wildman–Crippen MR) is 120 cm³/mol. The van der Waals surface area contributed by atoms with Crippen LogP contribution in [-0.4, -0.2) is 32.2 Å². The molecule has 1 unspecified atom stereocenters. The number of nitrogens with two attached hydrogens (primary N) is 1. The van der Waals surface area contributed by atoms with E-state index in [0.717, 1.165) is 0 Å². The van der Waals surface area contributed by atoms with Crippen molar-refractivity contribution in [3.05, 3.63) is 95.6 Å². The summed E-state index contributed by atoms with van der Waals surface area (Å²) >= 11 is 0. The lowest BCUT2D eigenvalue weighted by Crippen LogP contribution is -2.41. The number of likely N-dealkylation sites (N-methyl/N-ethyl adjacent to an activating group) is 1. The highest BCUT2D eigenvalue weighted by molar-refractivity contribution is 7.92. The molecule has 3 aromatic rings. The van der Waals surface area contributed by atoms with Crippen LogP contribution in [0.4, 0.5) is 5.69 Å². The molecule has 1 aliphatic heterocycles. The molecule has 160 valence electrons. The maximum Gasteiger partial charge on any atom is 0.266 e. The Bertz CT molecular complexity index is 1380. The van der Waals surface area contributed by atoms with Crippen molar-refractivity contribution in [2.45, 2.75) is 10.4 Å². The van der Waals surface area contributed by atoms with Crippen LogP contribution in [-0.2, 0) is 20.4 Å². The third-order valence-electron chi connectivity index (χ3n) is 5.24. The number of aliphatic imine (C=N–C) groups is 1. The van der Waals surface area contributed by atoms with Crippen LogP contribution < -0.4 is 10.5 Å². The quantitative estimate of drug-likeness (QED) is 0.623. The number of carbonyl (C=O) groups excluding carboxylic acids is 1. The molecule has 0 aromatic heterocycles. The number of nitrogens with zero attached hydrogens (tertiary/aromatic N) is 3. The number of hydrogen-bond donors (Lipinski definition) is 2. The number of nitriles is 1. The largest absolute Gasteiger partial charge is 0.369 e. The van der Waals surface area contributed by atoms with Gasteiger partial charge in [0.2, 0.25) is 0 Å². The number of anilines is 1. The van der Waals surface area contributed by atoms with E-state index in [9.17, 15) is 13.2 Å². The molecule has 1 heterocycles. The van der Waals surface area contributed by atoms with E-state index < -0.39 is 15.6 Å². The smallest absolute Gasteiger partial charge is 0.266 e. The van der Waals surface area contributed by atoms with Gasteiger partial charge in [-0.15, -0.1) is 0 Å². The number of sulfonamides is 1. The van der Waals surface area contributed by atoms with Crippen molar-refractivity contribution in [1.82, 2.24) is 4.90 Å². The van der Waals surface area contributed by atoms with E-state index in [-0.39, 0.29) is 28.0 Å². The molecule has 8 nitrogen and oxygen atoms in total. The SMILES string of the molecule is CN1C(=O)C(c2ccccc2)(c2cccc(NS(=O)(=O)c3cccc(C#N)c3)c2)N=C1N. The summed E-state index contributed by atoms with van der Waals surface area (Å²) in [6.45, 7) is 0. The van der Waals surface area contributed by atoms with E-state index in [2.05, 4.69) is 9.71 Å². The highest BCUT2D eigenvalue weighted by Crippen LogP contribution is 2.40. The molecular weight excluding hydrogens is 426 g/mol. The average Bonchev–Trinajstić information content (AvgIpc) is 3.04. The first-order valence-electron chi connectivity index (χ1n) is 9.60. The molecule has 0 bridgehead atoms. The number of benzene rings is 3. The van der Waals surface area contributed by atoms with Gasteiger partial charge in [-0.1, -0.05) is 48.5 Å². The maximum absolute atomic E-state index is 13.3. The Balaban J connectivity index is 1.79. The predicted octanol–water partition coefficient (Wildman–Crippen LogP) is 2.39. The van der Waals surface area contributed by atoms with E-state index in [4.69, 9.17) is 11.0 Å². The molecule has 0 spiro atoms. The first kappa shape index (κ1) is 21.1. The lowest BCUT2D eigenvalue weighted by molar-refractivity contribution is -0.129. The van der Waals surface area contributed by atoms with Crippen LogP contribution in [0.3, 0.4) is 0 Å². The van der Waals surface area contributed by atoms with E-state index in [1.807, 2.05) is 12.1 Å². The normalized spacial score (nSPS) is 18.2. The average molecular weight is 446 g/mol. The molecule has 0 saturated carbocycles. The topological polar surface area (TPSA) is 129 Å². The minimum Gasteiger partial charge on any atom is -0.369 e. The first-order valence-corrected chi connectivity index (χ1v) is 11.1. The Labute approximate surface area is 185 Å². The lowest BCUT2D eigenvalue weighted by atomic mass is 9.82. The van der Waals surface area contributed by atoms with Crippen molar-refractivity contribution in [1.29, 1.82) is 5.26 Å². The van der Waals surface area contributed by atoms with E-state index in [1.165, 1.54) is 29.2 Å². The van der Waals surface area contributed by atoms with Crippen LogP contribution in [0.1, 0.15) is 16.7 Å². The van der Waals surface area contributed by atoms with Gasteiger partial charge in [-0.2, -0.15) is 5.26 Å². The van der Waals surface area contributed by atoms with Gasteiger partial charge in [-0.05, 0) is 41.5 Å². The summed E-state index contributed by atoms with van der Waals surface area (Å²) in [6.07, 6.45) is 0. The molecular formula is C23H19N5O3S. The highest BCUT2D eigenvalue weighted by Gasteiger charge is 2.49. The summed E-state index contributed by atoms with van der Waals surface area (Å²) in [5.74, 6) is -0.277. The Morgan fingerprint density at radius 2 is 1.69 bits per heavy atom. The Morgan fingerprint density at radius 3 is 2.34 bits per heavy atom. The van der Waals surface area contributed by atoms with Crippen LogP contribution in [0, 0.1) is 11.3 Å². The Hall–Kier alpha value is -4.16. The van der Waals surface area contributed by atoms with Gasteiger partial charge in [-0.25, -0.2) is 13.4 Å². The second kappa shape index (κ2) is 7.83. The van der Waals surface area contributed by atoms with E-state index in [1.54, 1.807) is 55.6 Å². The van der Waals surface area contributed by atoms with Crippen molar-refractivity contribution in [2.24, 2.45) is 10.7 Å². The van der Waals surface area contributed by atoms with Gasteiger partial charge in [0.25, 0.3) is 15.9 Å². The number of rotatable bonds is 5. The standard InChI is InChI=1S/C23H19N5O3S/c1-28-21(29)23(26-22(28)25,17-8-3-2-4-9-17)18-10-6-11-19(14-18)27-32(30,31)20-12-5-7-16(13-20)15-24/h2-14,27H,1H3,(H2,25,26). The summed E-state index contributed by atoms with van der Waals surface area (Å²) in [7, 11) is -2.42. The maximum atomic E-state index is 13.3. The number of nitrogens with one attached hydrogen (secondary N) is 1. The van der Waals surface area contributed by atoms with Gasteiger partial charge in [0.1, 0.15) is 0 Å². The van der Waals surface area contributed by atoms with Gasteiger partial charge in [0.05, 0.1) is 16.5 Å². The number of guanidine groups is 1.